The van der Waals surface area contributed by atoms with Crippen LogP contribution in [-0.2, 0) is 23.7 Å². The zero-order chi connectivity index (χ0) is 44.0. The number of carbonyl (C=O) groups is 1. The van der Waals surface area contributed by atoms with Crippen LogP contribution in [0.5, 0.6) is 0 Å². The molecular weight excluding hydrogens is 774 g/mol. The van der Waals surface area contributed by atoms with Crippen LogP contribution in [0.15, 0.2) is 12.2 Å². The fourth-order valence-electron chi connectivity index (χ4n) is 8.00. The van der Waals surface area contributed by atoms with Gasteiger partial charge in [0, 0.05) is 6.42 Å². The Kier molecular flexibility index (Phi) is 31.3. The maximum absolute atomic E-state index is 13.0. The van der Waals surface area contributed by atoms with Gasteiger partial charge in [-0.25, -0.2) is 0 Å². The summed E-state index contributed by atoms with van der Waals surface area (Å²) in [4.78, 5) is 13.0. The van der Waals surface area contributed by atoms with Gasteiger partial charge in [-0.05, 0) is 19.3 Å². The Morgan fingerprint density at radius 1 is 0.583 bits per heavy atom. The van der Waals surface area contributed by atoms with Gasteiger partial charge in [0.05, 0.1) is 32.0 Å². The summed E-state index contributed by atoms with van der Waals surface area (Å²) in [5.74, 6) is -0.246. The van der Waals surface area contributed by atoms with Gasteiger partial charge in [0.25, 0.3) is 0 Å². The molecule has 0 radical (unpaired) electrons. The molecule has 60 heavy (non-hydrogen) atoms. The first-order valence-corrected chi connectivity index (χ1v) is 23.9. The van der Waals surface area contributed by atoms with E-state index in [4.69, 9.17) is 18.9 Å². The second-order valence-electron chi connectivity index (χ2n) is 17.2. The highest BCUT2D eigenvalue weighted by Crippen LogP contribution is 2.30. The molecular formula is C46H87NO13. The van der Waals surface area contributed by atoms with Crippen molar-refractivity contribution >= 4 is 5.91 Å². The van der Waals surface area contributed by atoms with Crippen LogP contribution in [0.4, 0.5) is 0 Å². The number of hydrogen-bond acceptors (Lipinski definition) is 13. The summed E-state index contributed by atoms with van der Waals surface area (Å²) in [5.41, 5.74) is 0. The maximum Gasteiger partial charge on any atom is 0.220 e. The van der Waals surface area contributed by atoms with Crippen LogP contribution in [0.1, 0.15) is 181 Å². The lowest BCUT2D eigenvalue weighted by atomic mass is 9.97. The molecule has 0 bridgehead atoms. The van der Waals surface area contributed by atoms with Gasteiger partial charge < -0.3 is 65.1 Å². The van der Waals surface area contributed by atoms with Crippen molar-refractivity contribution in [3.8, 4) is 0 Å². The number of amides is 1. The molecule has 12 atom stereocenters. The molecule has 9 N–H and O–H groups in total. The van der Waals surface area contributed by atoms with Crippen molar-refractivity contribution in [1.29, 1.82) is 0 Å². The average molecular weight is 862 g/mol. The number of aliphatic hydroxyl groups excluding tert-OH is 8. The minimum atomic E-state index is -1.78. The molecule has 2 rings (SSSR count). The van der Waals surface area contributed by atoms with Crippen molar-refractivity contribution in [3.05, 3.63) is 12.2 Å². The first-order chi connectivity index (χ1) is 29.1. The van der Waals surface area contributed by atoms with E-state index in [1.165, 1.54) is 116 Å². The lowest BCUT2D eigenvalue weighted by Crippen LogP contribution is -2.65. The third-order valence-electron chi connectivity index (χ3n) is 12.0. The van der Waals surface area contributed by atoms with E-state index in [-0.39, 0.29) is 18.9 Å². The van der Waals surface area contributed by atoms with Crippen LogP contribution >= 0.6 is 0 Å². The number of hydrogen-bond donors (Lipinski definition) is 9. The smallest absolute Gasteiger partial charge is 0.220 e. The van der Waals surface area contributed by atoms with Gasteiger partial charge in [0.1, 0.15) is 48.8 Å². The summed E-state index contributed by atoms with van der Waals surface area (Å²) in [6.45, 7) is 2.73. The first kappa shape index (κ1) is 54.9. The highest BCUT2D eigenvalue weighted by Gasteiger charge is 2.51. The minimum Gasteiger partial charge on any atom is -0.394 e. The van der Waals surface area contributed by atoms with Crippen molar-refractivity contribution in [3.63, 3.8) is 0 Å². The molecule has 2 fully saturated rings. The number of rotatable bonds is 36. The number of aliphatic hydroxyl groups is 8. The quantitative estimate of drug-likeness (QED) is 0.0292. The Morgan fingerprint density at radius 2 is 1.03 bits per heavy atom. The Morgan fingerprint density at radius 3 is 1.53 bits per heavy atom. The summed E-state index contributed by atoms with van der Waals surface area (Å²) in [6.07, 6.45) is 17.1. The van der Waals surface area contributed by atoms with Gasteiger partial charge in [0.15, 0.2) is 12.6 Å². The third kappa shape index (κ3) is 21.9. The Labute approximate surface area is 361 Å². The highest BCUT2D eigenvalue weighted by atomic mass is 16.7. The van der Waals surface area contributed by atoms with Crippen molar-refractivity contribution in [2.24, 2.45) is 0 Å². The number of nitrogens with one attached hydrogen (secondary N) is 1. The monoisotopic (exact) mass is 862 g/mol. The number of carbonyl (C=O) groups excluding carboxylic acids is 1. The van der Waals surface area contributed by atoms with Gasteiger partial charge in [-0.2, -0.15) is 0 Å². The molecule has 0 spiro atoms. The molecule has 354 valence electrons. The van der Waals surface area contributed by atoms with Crippen LogP contribution in [-0.4, -0.2) is 140 Å². The molecule has 2 aliphatic rings. The van der Waals surface area contributed by atoms with Crippen molar-refractivity contribution in [2.75, 3.05) is 19.8 Å². The van der Waals surface area contributed by atoms with E-state index in [1.54, 1.807) is 6.08 Å². The van der Waals surface area contributed by atoms with E-state index in [2.05, 4.69) is 19.2 Å². The van der Waals surface area contributed by atoms with E-state index < -0.39 is 86.8 Å². The lowest BCUT2D eigenvalue weighted by molar-refractivity contribution is -0.359. The Bertz CT molecular complexity index is 1070. The Hall–Kier alpha value is -1.27. The van der Waals surface area contributed by atoms with Crippen LogP contribution < -0.4 is 5.32 Å². The van der Waals surface area contributed by atoms with E-state index in [0.29, 0.717) is 6.42 Å². The van der Waals surface area contributed by atoms with Crippen LogP contribution in [0.25, 0.3) is 0 Å². The molecule has 0 aromatic heterocycles. The molecule has 1 amide bonds. The molecule has 12 unspecified atom stereocenters. The zero-order valence-corrected chi connectivity index (χ0v) is 37.2. The highest BCUT2D eigenvalue weighted by molar-refractivity contribution is 5.76. The van der Waals surface area contributed by atoms with Gasteiger partial charge in [-0.3, -0.25) is 4.79 Å². The third-order valence-corrected chi connectivity index (χ3v) is 12.0. The number of allylic oxidation sites excluding steroid dienone is 1. The maximum atomic E-state index is 13.0. The van der Waals surface area contributed by atoms with Gasteiger partial charge in [-0.15, -0.1) is 0 Å². The summed E-state index contributed by atoms with van der Waals surface area (Å²) in [7, 11) is 0. The fourth-order valence-corrected chi connectivity index (χ4v) is 8.00. The predicted octanol–water partition coefficient (Wildman–Crippen LogP) is 5.21. The number of ether oxygens (including phenoxy) is 4. The van der Waals surface area contributed by atoms with Gasteiger partial charge >= 0.3 is 0 Å². The van der Waals surface area contributed by atoms with Gasteiger partial charge in [0.2, 0.25) is 5.91 Å². The molecule has 2 aliphatic heterocycles. The average Bonchev–Trinajstić information content (AvgIpc) is 3.24. The molecule has 14 nitrogen and oxygen atoms in total. The molecule has 0 aromatic rings. The molecule has 2 saturated heterocycles. The summed E-state index contributed by atoms with van der Waals surface area (Å²) in [6, 6.07) is -0.905. The van der Waals surface area contributed by atoms with E-state index >= 15 is 0 Å². The molecule has 14 heteroatoms. The number of unbranched alkanes of at least 4 members (excludes halogenated alkanes) is 23. The molecule has 0 saturated carbocycles. The normalized spacial score (nSPS) is 28.3. The molecule has 0 aliphatic carbocycles. The van der Waals surface area contributed by atoms with Crippen molar-refractivity contribution < 1.29 is 64.6 Å². The topological polar surface area (TPSA) is 228 Å². The zero-order valence-electron chi connectivity index (χ0n) is 37.2. The van der Waals surface area contributed by atoms with Crippen molar-refractivity contribution in [1.82, 2.24) is 5.32 Å². The van der Waals surface area contributed by atoms with Crippen LogP contribution in [0, 0.1) is 0 Å². The second kappa shape index (κ2) is 34.2. The predicted molar refractivity (Wildman–Crippen MR) is 231 cm³/mol. The summed E-state index contributed by atoms with van der Waals surface area (Å²) in [5, 5.41) is 86.4. The Balaban J connectivity index is 1.82. The minimum absolute atomic E-state index is 0.246. The lowest BCUT2D eigenvalue weighted by Gasteiger charge is -2.46. The fraction of sp³-hybridized carbons (Fsp3) is 0.935. The molecule has 2 heterocycles. The molecule has 0 aromatic carbocycles. The van der Waals surface area contributed by atoms with Crippen LogP contribution in [0.2, 0.25) is 0 Å². The van der Waals surface area contributed by atoms with E-state index in [1.807, 2.05) is 6.08 Å². The largest absolute Gasteiger partial charge is 0.394 e. The first-order valence-electron chi connectivity index (χ1n) is 23.9. The van der Waals surface area contributed by atoms with Crippen LogP contribution in [0.3, 0.4) is 0 Å². The standard InChI is InChI=1S/C46H87NO13/c1-3-5-7-9-11-12-13-14-15-16-17-18-19-20-21-22-24-25-27-29-35(50)34(47-38(51)30-28-26-23-10-8-6-4-2)33-57-45-43(56)41(54)44(37(32-49)59-45)60-46-42(55)40(53)39(52)36(31-48)58-46/h27,29,34-37,39-46,48-50,52-56H,3-26,28,30-33H2,1-2H3,(H,47,51)/b29-27+. The summed E-state index contributed by atoms with van der Waals surface area (Å²) >= 11 is 0. The SMILES string of the molecule is CCCCCCCCCCCCCCCCCCC/C=C/C(O)C(COC1OC(CO)C(OC2OC(CO)C(O)C(O)C2O)C(O)C1O)NC(=O)CCCCCCCCC. The van der Waals surface area contributed by atoms with Crippen molar-refractivity contribution in [2.45, 2.75) is 254 Å². The summed E-state index contributed by atoms with van der Waals surface area (Å²) < 4.78 is 22.6. The van der Waals surface area contributed by atoms with E-state index in [0.717, 1.165) is 38.5 Å². The van der Waals surface area contributed by atoms with E-state index in [9.17, 15) is 45.6 Å². The second-order valence-corrected chi connectivity index (χ2v) is 17.2. The van der Waals surface area contributed by atoms with Gasteiger partial charge in [-0.1, -0.05) is 167 Å².